The third-order valence-corrected chi connectivity index (χ3v) is 6.93. The van der Waals surface area contributed by atoms with E-state index in [1.54, 1.807) is 50.2 Å². The molecule has 4 rings (SSSR count). The molecule has 2 atom stereocenters. The van der Waals surface area contributed by atoms with Gasteiger partial charge < -0.3 is 15.3 Å². The van der Waals surface area contributed by atoms with Crippen molar-refractivity contribution < 1.29 is 29.7 Å². The molecule has 1 fully saturated rings. The second-order valence-electron chi connectivity index (χ2n) is 9.44. The van der Waals surface area contributed by atoms with Crippen LogP contribution in [0, 0.1) is 31.6 Å². The molecule has 1 saturated carbocycles. The number of phenolic OH excluding ortho intramolecular Hbond substituents is 3. The first-order chi connectivity index (χ1) is 16.6. The van der Waals surface area contributed by atoms with Crippen molar-refractivity contribution in [2.75, 3.05) is 0 Å². The van der Waals surface area contributed by atoms with Gasteiger partial charge in [0.25, 0.3) is 0 Å². The van der Waals surface area contributed by atoms with Gasteiger partial charge in [0, 0.05) is 34.4 Å². The number of carbonyl (C=O) groups is 3. The molecule has 0 heterocycles. The fourth-order valence-corrected chi connectivity index (χ4v) is 4.91. The Hall–Kier alpha value is -3.93. The van der Waals surface area contributed by atoms with Gasteiger partial charge in [0.1, 0.15) is 17.2 Å². The van der Waals surface area contributed by atoms with Crippen LogP contribution >= 0.6 is 0 Å². The maximum Gasteiger partial charge on any atom is 0.166 e. The van der Waals surface area contributed by atoms with Crippen LogP contribution in [0.1, 0.15) is 61.5 Å². The zero-order chi connectivity index (χ0) is 25.3. The summed E-state index contributed by atoms with van der Waals surface area (Å²) >= 11 is 0. The van der Waals surface area contributed by atoms with Gasteiger partial charge in [-0.1, -0.05) is 0 Å². The molecule has 0 saturated heterocycles. The van der Waals surface area contributed by atoms with Gasteiger partial charge in [-0.15, -0.1) is 0 Å². The van der Waals surface area contributed by atoms with Crippen molar-refractivity contribution in [3.63, 3.8) is 0 Å². The highest BCUT2D eigenvalue weighted by Gasteiger charge is 2.39. The van der Waals surface area contributed by atoms with Gasteiger partial charge in [-0.2, -0.15) is 0 Å². The molecule has 1 aliphatic carbocycles. The second-order valence-corrected chi connectivity index (χ2v) is 9.44. The summed E-state index contributed by atoms with van der Waals surface area (Å²) in [5.74, 6) is -1.83. The first kappa shape index (κ1) is 24.2. The molecule has 0 aliphatic heterocycles. The minimum atomic E-state index is -0.536. The van der Waals surface area contributed by atoms with Crippen LogP contribution in [0.2, 0.25) is 0 Å². The zero-order valence-electron chi connectivity index (χ0n) is 19.7. The molecular weight excluding hydrogens is 444 g/mol. The lowest BCUT2D eigenvalue weighted by atomic mass is 9.68. The number of hydrogen-bond acceptors (Lipinski definition) is 6. The summed E-state index contributed by atoms with van der Waals surface area (Å²) in [4.78, 5) is 40.2. The molecule has 1 aliphatic rings. The van der Waals surface area contributed by atoms with Crippen LogP contribution in [-0.2, 0) is 0 Å². The summed E-state index contributed by atoms with van der Waals surface area (Å²) < 4.78 is 0. The van der Waals surface area contributed by atoms with Gasteiger partial charge >= 0.3 is 0 Å². The Labute approximate surface area is 203 Å². The zero-order valence-corrected chi connectivity index (χ0v) is 19.7. The van der Waals surface area contributed by atoms with Gasteiger partial charge in [0.2, 0.25) is 0 Å². The van der Waals surface area contributed by atoms with Gasteiger partial charge in [0.05, 0.1) is 0 Å². The van der Waals surface area contributed by atoms with E-state index in [1.807, 2.05) is 0 Å². The van der Waals surface area contributed by atoms with Gasteiger partial charge in [0.15, 0.2) is 17.3 Å². The number of hydrogen-bond donors (Lipinski definition) is 3. The van der Waals surface area contributed by atoms with Crippen molar-refractivity contribution >= 4 is 17.3 Å². The average Bonchev–Trinajstić information content (AvgIpc) is 2.86. The Morgan fingerprint density at radius 2 is 0.914 bits per heavy atom. The number of aromatic hydroxyl groups is 3. The van der Waals surface area contributed by atoms with Crippen LogP contribution in [0.25, 0.3) is 0 Å². The summed E-state index contributed by atoms with van der Waals surface area (Å²) in [6.45, 7) is 3.42. The molecule has 2 unspecified atom stereocenters. The molecule has 3 N–H and O–H groups in total. The highest BCUT2D eigenvalue weighted by molar-refractivity contribution is 6.03. The van der Waals surface area contributed by atoms with Gasteiger partial charge in [-0.05, 0) is 105 Å². The number of benzene rings is 3. The highest BCUT2D eigenvalue weighted by Crippen LogP contribution is 2.39. The minimum absolute atomic E-state index is 0.0525. The maximum absolute atomic E-state index is 13.4. The first-order valence-corrected chi connectivity index (χ1v) is 11.6. The largest absolute Gasteiger partial charge is 0.508 e. The van der Waals surface area contributed by atoms with Crippen molar-refractivity contribution in [2.45, 2.75) is 33.1 Å². The number of Topliss-reactive ketones (excluding diaryl/α,β-unsaturated/α-hetero) is 3. The van der Waals surface area contributed by atoms with Crippen LogP contribution in [0.4, 0.5) is 0 Å². The number of rotatable bonds is 6. The van der Waals surface area contributed by atoms with Crippen molar-refractivity contribution in [3.05, 3.63) is 88.5 Å². The van der Waals surface area contributed by atoms with E-state index in [4.69, 9.17) is 0 Å². The third-order valence-electron chi connectivity index (χ3n) is 6.93. The van der Waals surface area contributed by atoms with Crippen molar-refractivity contribution in [3.8, 4) is 17.2 Å². The lowest BCUT2D eigenvalue weighted by Gasteiger charge is -2.33. The standard InChI is InChI=1S/C29H28O6/c1-16-11-19(5-9-25(16)31)28(34)22-13-21(27(33)18-3-7-24(30)8-4-18)14-23(15-22)29(35)20-6-10-26(32)17(2)12-20/h3-12,21-23,30-32H,13-15H2,1-2H3. The van der Waals surface area contributed by atoms with E-state index in [1.165, 1.54) is 24.3 Å². The number of phenols is 3. The molecule has 180 valence electrons. The molecule has 3 aromatic rings. The molecule has 35 heavy (non-hydrogen) atoms. The Balaban J connectivity index is 1.66. The quantitative estimate of drug-likeness (QED) is 0.414. The van der Waals surface area contributed by atoms with Crippen LogP contribution < -0.4 is 0 Å². The number of aryl methyl sites for hydroxylation is 2. The average molecular weight is 473 g/mol. The van der Waals surface area contributed by atoms with E-state index in [-0.39, 0.29) is 34.6 Å². The fraction of sp³-hybridized carbons (Fsp3) is 0.276. The SMILES string of the molecule is Cc1cc(C(=O)C2CC(C(=O)c3ccc(O)cc3)CC(C(=O)c3ccc(O)c(C)c3)C2)ccc1O. The molecular formula is C29H28O6. The maximum atomic E-state index is 13.4. The minimum Gasteiger partial charge on any atom is -0.508 e. The van der Waals surface area contributed by atoms with Crippen molar-refractivity contribution in [2.24, 2.45) is 17.8 Å². The predicted octanol–water partition coefficient (Wildman–Crippen LogP) is 5.40. The lowest BCUT2D eigenvalue weighted by Crippen LogP contribution is -2.35. The van der Waals surface area contributed by atoms with Crippen molar-refractivity contribution in [1.82, 2.24) is 0 Å². The Kier molecular flexibility index (Phi) is 6.74. The van der Waals surface area contributed by atoms with Crippen molar-refractivity contribution in [1.29, 1.82) is 0 Å². The van der Waals surface area contributed by atoms with Crippen LogP contribution in [-0.4, -0.2) is 32.7 Å². The molecule has 0 spiro atoms. The topological polar surface area (TPSA) is 112 Å². The molecule has 0 amide bonds. The summed E-state index contributed by atoms with van der Waals surface area (Å²) in [5, 5.41) is 29.3. The summed E-state index contributed by atoms with van der Waals surface area (Å²) in [5.41, 5.74) is 2.46. The number of carbonyl (C=O) groups excluding carboxylic acids is 3. The second kappa shape index (κ2) is 9.74. The van der Waals surface area contributed by atoms with Crippen LogP contribution in [0.3, 0.4) is 0 Å². The van der Waals surface area contributed by atoms with Crippen LogP contribution in [0.15, 0.2) is 60.7 Å². The summed E-state index contributed by atoms with van der Waals surface area (Å²) in [7, 11) is 0. The Bertz CT molecular complexity index is 1220. The Morgan fingerprint density at radius 3 is 1.29 bits per heavy atom. The van der Waals surface area contributed by atoms with E-state index in [0.717, 1.165) is 0 Å². The highest BCUT2D eigenvalue weighted by atomic mass is 16.3. The van der Waals surface area contributed by atoms with Gasteiger partial charge in [-0.3, -0.25) is 14.4 Å². The smallest absolute Gasteiger partial charge is 0.166 e. The summed E-state index contributed by atoms with van der Waals surface area (Å²) in [6, 6.07) is 15.3. The molecule has 0 radical (unpaired) electrons. The van der Waals surface area contributed by atoms with Gasteiger partial charge in [-0.25, -0.2) is 0 Å². The number of ketones is 3. The molecule has 0 aromatic heterocycles. The first-order valence-electron chi connectivity index (χ1n) is 11.6. The third kappa shape index (κ3) is 5.11. The lowest BCUT2D eigenvalue weighted by molar-refractivity contribution is 0.0682. The molecule has 6 heteroatoms. The van der Waals surface area contributed by atoms with E-state index in [0.29, 0.717) is 47.1 Å². The van der Waals surface area contributed by atoms with E-state index >= 15 is 0 Å². The van der Waals surface area contributed by atoms with E-state index < -0.39 is 17.8 Å². The van der Waals surface area contributed by atoms with E-state index in [9.17, 15) is 29.7 Å². The normalized spacial score (nSPS) is 19.8. The molecule has 0 bridgehead atoms. The van der Waals surface area contributed by atoms with Crippen LogP contribution in [0.5, 0.6) is 17.2 Å². The monoisotopic (exact) mass is 472 g/mol. The molecule has 6 nitrogen and oxygen atoms in total. The molecule has 3 aromatic carbocycles. The summed E-state index contributed by atoms with van der Waals surface area (Å²) in [6.07, 6.45) is 0.949. The Morgan fingerprint density at radius 1 is 0.571 bits per heavy atom. The predicted molar refractivity (Wildman–Crippen MR) is 131 cm³/mol. The van der Waals surface area contributed by atoms with E-state index in [2.05, 4.69) is 0 Å². The fourth-order valence-electron chi connectivity index (χ4n) is 4.91.